The van der Waals surface area contributed by atoms with Gasteiger partial charge in [-0.25, -0.2) is 0 Å². The zero-order valence-electron chi connectivity index (χ0n) is 16.9. The van der Waals surface area contributed by atoms with Crippen molar-refractivity contribution in [2.75, 3.05) is 20.2 Å². The van der Waals surface area contributed by atoms with Crippen molar-refractivity contribution >= 4 is 5.91 Å². The van der Waals surface area contributed by atoms with Gasteiger partial charge < -0.3 is 14.2 Å². The van der Waals surface area contributed by atoms with Crippen molar-refractivity contribution in [3.8, 4) is 5.75 Å². The minimum absolute atomic E-state index is 0.160. The van der Waals surface area contributed by atoms with Gasteiger partial charge in [-0.05, 0) is 42.9 Å². The Morgan fingerprint density at radius 1 is 1.21 bits per heavy atom. The summed E-state index contributed by atoms with van der Waals surface area (Å²) in [6.45, 7) is 4.60. The highest BCUT2D eigenvalue weighted by molar-refractivity contribution is 5.79. The van der Waals surface area contributed by atoms with Gasteiger partial charge in [-0.15, -0.1) is 10.2 Å². The summed E-state index contributed by atoms with van der Waals surface area (Å²) in [5, 5.41) is 8.64. The molecule has 1 atom stereocenters. The van der Waals surface area contributed by atoms with E-state index in [0.29, 0.717) is 6.42 Å². The molecule has 1 amide bonds. The van der Waals surface area contributed by atoms with Crippen LogP contribution in [0.3, 0.4) is 0 Å². The van der Waals surface area contributed by atoms with Gasteiger partial charge in [0.25, 0.3) is 0 Å². The summed E-state index contributed by atoms with van der Waals surface area (Å²) in [5.41, 5.74) is 1.19. The Hall–Kier alpha value is -2.37. The second-order valence-electron chi connectivity index (χ2n) is 8.25. The highest BCUT2D eigenvalue weighted by Gasteiger charge is 2.50. The van der Waals surface area contributed by atoms with E-state index in [1.807, 2.05) is 30.6 Å². The molecule has 1 spiro atoms. The molecule has 2 aliphatic rings. The molecule has 6 heteroatoms. The number of methoxy groups -OCH3 is 1. The van der Waals surface area contributed by atoms with Crippen LogP contribution in [-0.4, -0.2) is 45.8 Å². The summed E-state index contributed by atoms with van der Waals surface area (Å²) in [5.74, 6) is 2.37. The fourth-order valence-corrected chi connectivity index (χ4v) is 5.08. The number of likely N-dealkylation sites (tertiary alicyclic amines) is 1. The molecular formula is C22H30N4O2. The maximum atomic E-state index is 13.1. The number of aromatic nitrogens is 3. The number of ether oxygens (including phenoxy) is 1. The van der Waals surface area contributed by atoms with Crippen molar-refractivity contribution in [1.29, 1.82) is 0 Å². The monoisotopic (exact) mass is 382 g/mol. The van der Waals surface area contributed by atoms with Crippen LogP contribution < -0.4 is 4.74 Å². The van der Waals surface area contributed by atoms with Crippen molar-refractivity contribution in [2.45, 2.75) is 57.9 Å². The van der Waals surface area contributed by atoms with Crippen molar-refractivity contribution in [2.24, 2.45) is 5.41 Å². The summed E-state index contributed by atoms with van der Waals surface area (Å²) in [4.78, 5) is 15.2. The van der Waals surface area contributed by atoms with E-state index in [0.717, 1.165) is 36.8 Å². The summed E-state index contributed by atoms with van der Waals surface area (Å²) in [6, 6.07) is 7.80. The molecule has 1 aromatic carbocycles. The Labute approximate surface area is 166 Å². The maximum absolute atomic E-state index is 13.1. The third-order valence-electron chi connectivity index (χ3n) is 6.66. The molecular weight excluding hydrogens is 352 g/mol. The van der Waals surface area contributed by atoms with Crippen molar-refractivity contribution < 1.29 is 9.53 Å². The summed E-state index contributed by atoms with van der Waals surface area (Å²) < 4.78 is 7.37. The summed E-state index contributed by atoms with van der Waals surface area (Å²) in [7, 11) is 1.66. The van der Waals surface area contributed by atoms with Gasteiger partial charge in [0.05, 0.1) is 13.5 Å². The van der Waals surface area contributed by atoms with Crippen LogP contribution in [0.1, 0.15) is 56.3 Å². The van der Waals surface area contributed by atoms with E-state index >= 15 is 0 Å². The molecule has 150 valence electrons. The number of nitrogens with zero attached hydrogens (tertiary/aromatic N) is 4. The van der Waals surface area contributed by atoms with E-state index in [2.05, 4.69) is 26.6 Å². The van der Waals surface area contributed by atoms with Gasteiger partial charge in [0.2, 0.25) is 5.91 Å². The Morgan fingerprint density at radius 2 is 1.96 bits per heavy atom. The Balaban J connectivity index is 1.54. The molecule has 1 unspecified atom stereocenters. The lowest BCUT2D eigenvalue weighted by Gasteiger charge is -2.37. The fourth-order valence-electron chi connectivity index (χ4n) is 5.08. The van der Waals surface area contributed by atoms with Crippen LogP contribution in [0.4, 0.5) is 0 Å². The fraction of sp³-hybridized carbons (Fsp3) is 0.591. The number of aryl methyl sites for hydroxylation is 1. The first-order valence-corrected chi connectivity index (χ1v) is 10.4. The molecule has 4 rings (SSSR count). The highest BCUT2D eigenvalue weighted by Crippen LogP contribution is 2.51. The lowest BCUT2D eigenvalue weighted by Crippen LogP contribution is -2.35. The molecule has 1 aliphatic carbocycles. The first-order chi connectivity index (χ1) is 13.6. The van der Waals surface area contributed by atoms with Crippen molar-refractivity contribution in [1.82, 2.24) is 19.7 Å². The molecule has 6 nitrogen and oxygen atoms in total. The topological polar surface area (TPSA) is 60.2 Å². The number of carbonyl (C=O) groups excluding carboxylic acids is 1. The minimum atomic E-state index is 0.160. The molecule has 1 aromatic heterocycles. The van der Waals surface area contributed by atoms with Gasteiger partial charge in [-0.2, -0.15) is 0 Å². The minimum Gasteiger partial charge on any atom is -0.497 e. The van der Waals surface area contributed by atoms with E-state index < -0.39 is 0 Å². The van der Waals surface area contributed by atoms with Gasteiger partial charge in [0, 0.05) is 25.6 Å². The number of hydrogen-bond donors (Lipinski definition) is 0. The van der Waals surface area contributed by atoms with E-state index in [-0.39, 0.29) is 17.2 Å². The summed E-state index contributed by atoms with van der Waals surface area (Å²) >= 11 is 0. The van der Waals surface area contributed by atoms with Crippen LogP contribution in [0, 0.1) is 5.41 Å². The van der Waals surface area contributed by atoms with Crippen LogP contribution in [0.2, 0.25) is 0 Å². The van der Waals surface area contributed by atoms with Crippen LogP contribution >= 0.6 is 0 Å². The van der Waals surface area contributed by atoms with Crippen LogP contribution in [0.5, 0.6) is 5.75 Å². The quantitative estimate of drug-likeness (QED) is 0.795. The predicted molar refractivity (Wildman–Crippen MR) is 107 cm³/mol. The standard InChI is InChI=1S/C22H30N4O2/c1-3-25-16-23-24-21(25)19-14-26(15-22(19)11-5-4-6-12-22)20(27)13-17-7-9-18(28-2)10-8-17/h7-10,16,19H,3-6,11-15H2,1-2H3. The van der Waals surface area contributed by atoms with E-state index in [4.69, 9.17) is 4.74 Å². The molecule has 1 saturated carbocycles. The number of amides is 1. The molecule has 2 aromatic rings. The Kier molecular flexibility index (Phi) is 5.38. The van der Waals surface area contributed by atoms with Gasteiger partial charge in [-0.1, -0.05) is 31.4 Å². The zero-order chi connectivity index (χ0) is 19.6. The molecule has 0 N–H and O–H groups in total. The average Bonchev–Trinajstić information content (AvgIpc) is 3.33. The van der Waals surface area contributed by atoms with Gasteiger partial charge in [0.15, 0.2) is 0 Å². The normalized spacial score (nSPS) is 21.2. The molecule has 28 heavy (non-hydrogen) atoms. The van der Waals surface area contributed by atoms with E-state index in [1.54, 1.807) is 7.11 Å². The number of benzene rings is 1. The lowest BCUT2D eigenvalue weighted by atomic mass is 9.67. The molecule has 0 radical (unpaired) electrons. The number of rotatable bonds is 5. The van der Waals surface area contributed by atoms with Crippen LogP contribution in [0.15, 0.2) is 30.6 Å². The highest BCUT2D eigenvalue weighted by atomic mass is 16.5. The SMILES string of the molecule is CCn1cnnc1C1CN(C(=O)Cc2ccc(OC)cc2)CC12CCCCC2. The smallest absolute Gasteiger partial charge is 0.227 e. The second-order valence-corrected chi connectivity index (χ2v) is 8.25. The van der Waals surface area contributed by atoms with E-state index in [9.17, 15) is 4.79 Å². The third kappa shape index (κ3) is 3.52. The van der Waals surface area contributed by atoms with Gasteiger partial charge >= 0.3 is 0 Å². The zero-order valence-corrected chi connectivity index (χ0v) is 16.9. The number of hydrogen-bond acceptors (Lipinski definition) is 4. The first-order valence-electron chi connectivity index (χ1n) is 10.4. The molecule has 1 aliphatic heterocycles. The van der Waals surface area contributed by atoms with Crippen molar-refractivity contribution in [3.05, 3.63) is 42.0 Å². The predicted octanol–water partition coefficient (Wildman–Crippen LogP) is 3.43. The molecule has 2 fully saturated rings. The average molecular weight is 383 g/mol. The first kappa shape index (κ1) is 19.0. The molecule has 1 saturated heterocycles. The maximum Gasteiger partial charge on any atom is 0.227 e. The molecule has 2 heterocycles. The van der Waals surface area contributed by atoms with Crippen LogP contribution in [-0.2, 0) is 17.8 Å². The largest absolute Gasteiger partial charge is 0.497 e. The van der Waals surface area contributed by atoms with Crippen LogP contribution in [0.25, 0.3) is 0 Å². The number of carbonyl (C=O) groups is 1. The lowest BCUT2D eigenvalue weighted by molar-refractivity contribution is -0.129. The second kappa shape index (κ2) is 7.94. The van der Waals surface area contributed by atoms with Gasteiger partial charge in [-0.3, -0.25) is 4.79 Å². The van der Waals surface area contributed by atoms with Crippen molar-refractivity contribution in [3.63, 3.8) is 0 Å². The Morgan fingerprint density at radius 3 is 2.64 bits per heavy atom. The summed E-state index contributed by atoms with van der Waals surface area (Å²) in [6.07, 6.45) is 8.42. The van der Waals surface area contributed by atoms with E-state index in [1.165, 1.54) is 32.1 Å². The molecule has 0 bridgehead atoms. The Bertz CT molecular complexity index is 808. The third-order valence-corrected chi connectivity index (χ3v) is 6.66. The van der Waals surface area contributed by atoms with Gasteiger partial charge in [0.1, 0.15) is 17.9 Å².